The van der Waals surface area contributed by atoms with Crippen molar-refractivity contribution in [1.82, 2.24) is 4.90 Å². The summed E-state index contributed by atoms with van der Waals surface area (Å²) in [6, 6.07) is 6.95. The summed E-state index contributed by atoms with van der Waals surface area (Å²) < 4.78 is 5.02. The summed E-state index contributed by atoms with van der Waals surface area (Å²) in [5.41, 5.74) is 0.761. The number of amides is 1. The van der Waals surface area contributed by atoms with E-state index in [2.05, 4.69) is 0 Å². The van der Waals surface area contributed by atoms with Crippen molar-refractivity contribution in [3.05, 3.63) is 35.4 Å². The Kier molecular flexibility index (Phi) is 4.74. The number of ether oxygens (including phenoxy) is 1. The van der Waals surface area contributed by atoms with Crippen LogP contribution in [-0.4, -0.2) is 48.2 Å². The summed E-state index contributed by atoms with van der Waals surface area (Å²) >= 11 is 0. The lowest BCUT2D eigenvalue weighted by molar-refractivity contribution is -0.131. The van der Waals surface area contributed by atoms with Crippen molar-refractivity contribution in [3.63, 3.8) is 0 Å². The molecule has 1 fully saturated rings. The maximum atomic E-state index is 12.4. The molecule has 1 aromatic rings. The molecule has 5 nitrogen and oxygen atoms in total. The van der Waals surface area contributed by atoms with E-state index in [0.29, 0.717) is 24.8 Å². The minimum atomic E-state index is -0.997. The van der Waals surface area contributed by atoms with Crippen molar-refractivity contribution in [3.8, 4) is 0 Å². The van der Waals surface area contributed by atoms with Gasteiger partial charge in [0.15, 0.2) is 0 Å². The van der Waals surface area contributed by atoms with Gasteiger partial charge in [0.1, 0.15) is 0 Å². The van der Waals surface area contributed by atoms with E-state index in [-0.39, 0.29) is 17.9 Å². The van der Waals surface area contributed by atoms with Gasteiger partial charge in [0.05, 0.1) is 18.6 Å². The van der Waals surface area contributed by atoms with Gasteiger partial charge >= 0.3 is 5.97 Å². The maximum absolute atomic E-state index is 12.4. The fourth-order valence-electron chi connectivity index (χ4n) is 2.23. The van der Waals surface area contributed by atoms with Crippen LogP contribution >= 0.6 is 0 Å². The second-order valence-corrected chi connectivity index (χ2v) is 4.95. The Bertz CT molecular complexity index is 496. The SMILES string of the molecule is COCCN(C(=O)Cc1ccccc1C(=O)O)C1CC1. The van der Waals surface area contributed by atoms with E-state index < -0.39 is 5.97 Å². The van der Waals surface area contributed by atoms with Crippen LogP contribution < -0.4 is 0 Å². The largest absolute Gasteiger partial charge is 0.478 e. The van der Waals surface area contributed by atoms with Crippen LogP contribution in [0, 0.1) is 0 Å². The molecule has 1 N–H and O–H groups in total. The van der Waals surface area contributed by atoms with E-state index >= 15 is 0 Å². The van der Waals surface area contributed by atoms with E-state index in [4.69, 9.17) is 9.84 Å². The van der Waals surface area contributed by atoms with Crippen molar-refractivity contribution in [1.29, 1.82) is 0 Å². The first-order chi connectivity index (χ1) is 9.63. The van der Waals surface area contributed by atoms with Crippen LogP contribution in [0.25, 0.3) is 0 Å². The highest BCUT2D eigenvalue weighted by Gasteiger charge is 2.32. The minimum absolute atomic E-state index is 0.0294. The van der Waals surface area contributed by atoms with Gasteiger partial charge < -0.3 is 14.7 Å². The zero-order chi connectivity index (χ0) is 14.5. The highest BCUT2D eigenvalue weighted by molar-refractivity contribution is 5.91. The molecule has 1 aliphatic carbocycles. The third-order valence-electron chi connectivity index (χ3n) is 3.43. The highest BCUT2D eigenvalue weighted by Crippen LogP contribution is 2.27. The van der Waals surface area contributed by atoms with Gasteiger partial charge in [-0.3, -0.25) is 4.79 Å². The number of carboxylic acids is 1. The van der Waals surface area contributed by atoms with Gasteiger partial charge in [0, 0.05) is 19.7 Å². The number of carbonyl (C=O) groups is 2. The van der Waals surface area contributed by atoms with Crippen LogP contribution in [0.5, 0.6) is 0 Å². The van der Waals surface area contributed by atoms with Gasteiger partial charge in [-0.15, -0.1) is 0 Å². The molecule has 0 aliphatic heterocycles. The summed E-state index contributed by atoms with van der Waals surface area (Å²) in [5.74, 6) is -1.03. The molecule has 1 aromatic carbocycles. The first-order valence-electron chi connectivity index (χ1n) is 6.73. The van der Waals surface area contributed by atoms with Gasteiger partial charge in [-0.05, 0) is 24.5 Å². The van der Waals surface area contributed by atoms with Gasteiger partial charge in [-0.1, -0.05) is 18.2 Å². The molecule has 0 saturated heterocycles. The number of benzene rings is 1. The number of carbonyl (C=O) groups excluding carboxylic acids is 1. The number of rotatable bonds is 7. The lowest BCUT2D eigenvalue weighted by atomic mass is 10.0. The van der Waals surface area contributed by atoms with Gasteiger partial charge in [-0.2, -0.15) is 0 Å². The summed E-state index contributed by atoms with van der Waals surface area (Å²) in [6.45, 7) is 1.07. The topological polar surface area (TPSA) is 66.8 Å². The Hall–Kier alpha value is -1.88. The number of hydrogen-bond donors (Lipinski definition) is 1. The normalized spacial score (nSPS) is 14.1. The number of hydrogen-bond acceptors (Lipinski definition) is 3. The lowest BCUT2D eigenvalue weighted by Crippen LogP contribution is -2.37. The van der Waals surface area contributed by atoms with Gasteiger partial charge in [0.2, 0.25) is 5.91 Å². The second kappa shape index (κ2) is 6.52. The quantitative estimate of drug-likeness (QED) is 0.821. The molecule has 2 rings (SSSR count). The summed E-state index contributed by atoms with van der Waals surface area (Å²) in [5, 5.41) is 9.14. The standard InChI is InChI=1S/C15H19NO4/c1-20-9-8-16(12-6-7-12)14(17)10-11-4-2-3-5-13(11)15(18)19/h2-5,12H,6-10H2,1H3,(H,18,19). The van der Waals surface area contributed by atoms with Crippen LogP contribution in [0.3, 0.4) is 0 Å². The molecule has 0 radical (unpaired) electrons. The number of nitrogens with zero attached hydrogens (tertiary/aromatic N) is 1. The van der Waals surface area contributed by atoms with E-state index in [1.807, 2.05) is 4.90 Å². The molecule has 0 bridgehead atoms. The van der Waals surface area contributed by atoms with Crippen molar-refractivity contribution >= 4 is 11.9 Å². The number of carboxylic acid groups (broad SMARTS) is 1. The van der Waals surface area contributed by atoms with Crippen LogP contribution in [0.1, 0.15) is 28.8 Å². The summed E-state index contributed by atoms with van der Waals surface area (Å²) in [7, 11) is 1.61. The van der Waals surface area contributed by atoms with Gasteiger partial charge in [0.25, 0.3) is 0 Å². The molecular formula is C15H19NO4. The molecule has 0 unspecified atom stereocenters. The van der Waals surface area contributed by atoms with Crippen LogP contribution in [0.2, 0.25) is 0 Å². The van der Waals surface area contributed by atoms with Crippen molar-refractivity contribution in [2.75, 3.05) is 20.3 Å². The van der Waals surface area contributed by atoms with Crippen LogP contribution in [-0.2, 0) is 16.0 Å². The third kappa shape index (κ3) is 3.57. The molecule has 108 valence electrons. The molecule has 1 saturated carbocycles. The van der Waals surface area contributed by atoms with Crippen molar-refractivity contribution in [2.45, 2.75) is 25.3 Å². The molecule has 0 heterocycles. The van der Waals surface area contributed by atoms with E-state index in [1.54, 1.807) is 25.3 Å². The fourth-order valence-corrected chi connectivity index (χ4v) is 2.23. The van der Waals surface area contributed by atoms with Crippen molar-refractivity contribution in [2.24, 2.45) is 0 Å². The third-order valence-corrected chi connectivity index (χ3v) is 3.43. The molecule has 1 aliphatic rings. The zero-order valence-electron chi connectivity index (χ0n) is 11.5. The van der Waals surface area contributed by atoms with Crippen LogP contribution in [0.4, 0.5) is 0 Å². The molecule has 20 heavy (non-hydrogen) atoms. The minimum Gasteiger partial charge on any atom is -0.478 e. The number of methoxy groups -OCH3 is 1. The molecule has 0 atom stereocenters. The van der Waals surface area contributed by atoms with E-state index in [1.165, 1.54) is 6.07 Å². The average Bonchev–Trinajstić information content (AvgIpc) is 3.24. The smallest absolute Gasteiger partial charge is 0.335 e. The summed E-state index contributed by atoms with van der Waals surface area (Å²) in [6.07, 6.45) is 2.18. The Balaban J connectivity index is 2.07. The zero-order valence-corrected chi connectivity index (χ0v) is 11.5. The van der Waals surface area contributed by atoms with E-state index in [9.17, 15) is 9.59 Å². The molecule has 0 aromatic heterocycles. The predicted molar refractivity (Wildman–Crippen MR) is 73.7 cm³/mol. The predicted octanol–water partition coefficient (Wildman–Crippen LogP) is 1.56. The first kappa shape index (κ1) is 14.5. The van der Waals surface area contributed by atoms with Gasteiger partial charge in [-0.25, -0.2) is 4.79 Å². The Morgan fingerprint density at radius 1 is 1.35 bits per heavy atom. The Morgan fingerprint density at radius 3 is 2.65 bits per heavy atom. The van der Waals surface area contributed by atoms with Crippen molar-refractivity contribution < 1.29 is 19.4 Å². The monoisotopic (exact) mass is 277 g/mol. The average molecular weight is 277 g/mol. The number of aromatic carboxylic acids is 1. The molecule has 5 heteroatoms. The molecule has 0 spiro atoms. The molecular weight excluding hydrogens is 258 g/mol. The lowest BCUT2D eigenvalue weighted by Gasteiger charge is -2.22. The first-order valence-corrected chi connectivity index (χ1v) is 6.73. The Morgan fingerprint density at radius 2 is 2.05 bits per heavy atom. The highest BCUT2D eigenvalue weighted by atomic mass is 16.5. The fraction of sp³-hybridized carbons (Fsp3) is 0.467. The molecule has 1 amide bonds. The Labute approximate surface area is 118 Å². The second-order valence-electron chi connectivity index (χ2n) is 4.95. The summed E-state index contributed by atoms with van der Waals surface area (Å²) in [4.78, 5) is 25.3. The maximum Gasteiger partial charge on any atom is 0.335 e. The van der Waals surface area contributed by atoms with E-state index in [0.717, 1.165) is 12.8 Å². The van der Waals surface area contributed by atoms with Crippen LogP contribution in [0.15, 0.2) is 24.3 Å².